The molecule has 1 amide bonds. The molecule has 0 aliphatic rings. The summed E-state index contributed by atoms with van der Waals surface area (Å²) < 4.78 is 20.8. The van der Waals surface area contributed by atoms with Gasteiger partial charge >= 0.3 is 0 Å². The Kier molecular flexibility index (Phi) is 6.39. The normalized spacial score (nSPS) is 12.2. The van der Waals surface area contributed by atoms with E-state index in [1.165, 1.54) is 11.3 Å². The zero-order valence-electron chi connectivity index (χ0n) is 17.6. The summed E-state index contributed by atoms with van der Waals surface area (Å²) >= 11 is 1.38. The summed E-state index contributed by atoms with van der Waals surface area (Å²) in [6.07, 6.45) is 0. The van der Waals surface area contributed by atoms with Gasteiger partial charge in [-0.15, -0.1) is 0 Å². The number of hydrogen-bond donors (Lipinski definition) is 0. The maximum atomic E-state index is 13.0. The van der Waals surface area contributed by atoms with Crippen LogP contribution in [0.5, 0.6) is 11.5 Å². The van der Waals surface area contributed by atoms with Gasteiger partial charge in [0.15, 0.2) is 4.80 Å². The number of rotatable bonds is 7. The SMILES string of the molecule is COCCn1c(=NC(=O)c2cc(C)nn2C(C)C)sc2c(OC)ccc(OC)c21. The Balaban J connectivity index is 2.24. The van der Waals surface area contributed by atoms with E-state index in [9.17, 15) is 4.79 Å². The second-order valence-corrected chi connectivity index (χ2v) is 7.78. The van der Waals surface area contributed by atoms with Crippen molar-refractivity contribution in [3.63, 3.8) is 0 Å². The van der Waals surface area contributed by atoms with E-state index in [0.29, 0.717) is 35.1 Å². The molecule has 0 bridgehead atoms. The molecule has 0 aliphatic carbocycles. The van der Waals surface area contributed by atoms with E-state index >= 15 is 0 Å². The van der Waals surface area contributed by atoms with Gasteiger partial charge in [0, 0.05) is 19.7 Å². The van der Waals surface area contributed by atoms with Crippen molar-refractivity contribution in [1.29, 1.82) is 0 Å². The molecule has 0 saturated heterocycles. The van der Waals surface area contributed by atoms with E-state index in [1.807, 2.05) is 37.5 Å². The molecule has 2 heterocycles. The largest absolute Gasteiger partial charge is 0.495 e. The lowest BCUT2D eigenvalue weighted by molar-refractivity contribution is 0.0985. The number of aryl methyl sites for hydroxylation is 1. The van der Waals surface area contributed by atoms with Crippen LogP contribution in [0.1, 0.15) is 36.1 Å². The predicted molar refractivity (Wildman–Crippen MR) is 112 cm³/mol. The minimum atomic E-state index is -0.338. The first kappa shape index (κ1) is 21.1. The summed E-state index contributed by atoms with van der Waals surface area (Å²) in [5, 5.41) is 4.41. The summed E-state index contributed by atoms with van der Waals surface area (Å²) in [5.41, 5.74) is 2.07. The van der Waals surface area contributed by atoms with Gasteiger partial charge in [-0.25, -0.2) is 0 Å². The van der Waals surface area contributed by atoms with Crippen molar-refractivity contribution in [3.8, 4) is 11.5 Å². The number of aromatic nitrogens is 3. The van der Waals surface area contributed by atoms with E-state index in [-0.39, 0.29) is 11.9 Å². The third-order valence-electron chi connectivity index (χ3n) is 4.47. The van der Waals surface area contributed by atoms with Crippen LogP contribution in [0.2, 0.25) is 0 Å². The maximum absolute atomic E-state index is 13.0. The van der Waals surface area contributed by atoms with Crippen molar-refractivity contribution in [2.45, 2.75) is 33.4 Å². The summed E-state index contributed by atoms with van der Waals surface area (Å²) in [6, 6.07) is 5.52. The Morgan fingerprint density at radius 3 is 2.52 bits per heavy atom. The monoisotopic (exact) mass is 418 g/mol. The first-order chi connectivity index (χ1) is 13.9. The number of fused-ring (bicyclic) bond motifs is 1. The average molecular weight is 419 g/mol. The van der Waals surface area contributed by atoms with Crippen LogP contribution in [0.15, 0.2) is 23.2 Å². The Morgan fingerprint density at radius 1 is 1.21 bits per heavy atom. The zero-order chi connectivity index (χ0) is 21.1. The molecule has 0 spiro atoms. The number of benzene rings is 1. The fourth-order valence-electron chi connectivity index (χ4n) is 3.14. The first-order valence-electron chi connectivity index (χ1n) is 9.29. The highest BCUT2D eigenvalue weighted by atomic mass is 32.1. The third-order valence-corrected chi connectivity index (χ3v) is 5.57. The molecule has 156 valence electrons. The lowest BCUT2D eigenvalue weighted by Gasteiger charge is -2.10. The summed E-state index contributed by atoms with van der Waals surface area (Å²) in [7, 11) is 4.87. The zero-order valence-corrected chi connectivity index (χ0v) is 18.4. The molecule has 0 N–H and O–H groups in total. The van der Waals surface area contributed by atoms with Crippen LogP contribution in [0.3, 0.4) is 0 Å². The Hall–Kier alpha value is -2.65. The smallest absolute Gasteiger partial charge is 0.297 e. The molecule has 2 aromatic heterocycles. The lowest BCUT2D eigenvalue weighted by atomic mass is 10.3. The molecule has 9 heteroatoms. The number of ether oxygens (including phenoxy) is 3. The molecule has 1 aromatic carbocycles. The van der Waals surface area contributed by atoms with E-state index in [1.54, 1.807) is 32.1 Å². The fraction of sp³-hybridized carbons (Fsp3) is 0.450. The number of amides is 1. The van der Waals surface area contributed by atoms with Gasteiger partial charge in [-0.05, 0) is 39.0 Å². The number of nitrogens with zero attached hydrogens (tertiary/aromatic N) is 4. The Labute approximate surface area is 173 Å². The molecule has 8 nitrogen and oxygen atoms in total. The highest BCUT2D eigenvalue weighted by Crippen LogP contribution is 2.35. The molecule has 0 unspecified atom stereocenters. The van der Waals surface area contributed by atoms with Crippen LogP contribution >= 0.6 is 11.3 Å². The highest BCUT2D eigenvalue weighted by Gasteiger charge is 2.19. The molecule has 0 fully saturated rings. The van der Waals surface area contributed by atoms with Gasteiger partial charge in [0.2, 0.25) is 0 Å². The molecule has 0 radical (unpaired) electrons. The van der Waals surface area contributed by atoms with Crippen LogP contribution in [-0.2, 0) is 11.3 Å². The van der Waals surface area contributed by atoms with Gasteiger partial charge in [0.1, 0.15) is 27.4 Å². The van der Waals surface area contributed by atoms with Gasteiger partial charge in [-0.1, -0.05) is 11.3 Å². The van der Waals surface area contributed by atoms with E-state index in [0.717, 1.165) is 15.9 Å². The topological polar surface area (TPSA) is 79.9 Å². The van der Waals surface area contributed by atoms with Gasteiger partial charge in [0.25, 0.3) is 5.91 Å². The highest BCUT2D eigenvalue weighted by molar-refractivity contribution is 7.16. The quantitative estimate of drug-likeness (QED) is 0.589. The first-order valence-corrected chi connectivity index (χ1v) is 10.1. The third kappa shape index (κ3) is 4.06. The molecule has 3 rings (SSSR count). The van der Waals surface area contributed by atoms with Gasteiger partial charge in [-0.2, -0.15) is 10.1 Å². The lowest BCUT2D eigenvalue weighted by Crippen LogP contribution is -2.21. The van der Waals surface area contributed by atoms with E-state index in [4.69, 9.17) is 14.2 Å². The fourth-order valence-corrected chi connectivity index (χ4v) is 4.31. The van der Waals surface area contributed by atoms with Gasteiger partial charge in [-0.3, -0.25) is 9.48 Å². The minimum Gasteiger partial charge on any atom is -0.495 e. The molecule has 0 saturated carbocycles. The summed E-state index contributed by atoms with van der Waals surface area (Å²) in [4.78, 5) is 18.0. The van der Waals surface area contributed by atoms with E-state index in [2.05, 4.69) is 10.1 Å². The Morgan fingerprint density at radius 2 is 1.90 bits per heavy atom. The maximum Gasteiger partial charge on any atom is 0.297 e. The number of carbonyl (C=O) groups is 1. The number of methoxy groups -OCH3 is 3. The second kappa shape index (κ2) is 8.79. The predicted octanol–water partition coefficient (Wildman–Crippen LogP) is 3.19. The number of carbonyl (C=O) groups excluding carboxylic acids is 1. The molecule has 0 atom stereocenters. The molecule has 0 aliphatic heterocycles. The number of thiazole rings is 1. The average Bonchev–Trinajstić information content (AvgIpc) is 3.26. The minimum absolute atomic E-state index is 0.0565. The molecule has 29 heavy (non-hydrogen) atoms. The Bertz CT molecular complexity index is 1090. The van der Waals surface area contributed by atoms with Crippen molar-refractivity contribution in [1.82, 2.24) is 14.3 Å². The van der Waals surface area contributed by atoms with Crippen LogP contribution in [-0.4, -0.2) is 48.2 Å². The summed E-state index contributed by atoms with van der Waals surface area (Å²) in [5.74, 6) is 1.05. The number of hydrogen-bond acceptors (Lipinski definition) is 6. The van der Waals surface area contributed by atoms with Crippen molar-refractivity contribution in [3.05, 3.63) is 34.4 Å². The van der Waals surface area contributed by atoms with Crippen molar-refractivity contribution < 1.29 is 19.0 Å². The molecule has 3 aromatic rings. The van der Waals surface area contributed by atoms with E-state index < -0.39 is 0 Å². The van der Waals surface area contributed by atoms with Gasteiger partial charge < -0.3 is 18.8 Å². The van der Waals surface area contributed by atoms with Crippen molar-refractivity contribution in [2.75, 3.05) is 27.9 Å². The summed E-state index contributed by atoms with van der Waals surface area (Å²) in [6.45, 7) is 6.82. The van der Waals surface area contributed by atoms with Crippen LogP contribution in [0, 0.1) is 6.92 Å². The standard InChI is InChI=1S/C20H26N4O4S/c1-12(2)24-14(11-13(3)22-24)19(25)21-20-23(9-10-26-4)17-15(27-5)7-8-16(28-6)18(17)29-20/h7-8,11-12H,9-10H2,1-6H3. The van der Waals surface area contributed by atoms with Gasteiger partial charge in [0.05, 0.1) is 26.5 Å². The van der Waals surface area contributed by atoms with Crippen molar-refractivity contribution in [2.24, 2.45) is 4.99 Å². The molecular weight excluding hydrogens is 392 g/mol. The van der Waals surface area contributed by atoms with Crippen LogP contribution < -0.4 is 14.3 Å². The molecular formula is C20H26N4O4S. The van der Waals surface area contributed by atoms with Crippen LogP contribution in [0.4, 0.5) is 0 Å². The van der Waals surface area contributed by atoms with Crippen LogP contribution in [0.25, 0.3) is 10.2 Å². The van der Waals surface area contributed by atoms with Crippen molar-refractivity contribution >= 4 is 27.5 Å². The second-order valence-electron chi connectivity index (χ2n) is 6.80.